The molecule has 0 aliphatic carbocycles. The quantitative estimate of drug-likeness (QED) is 0.888. The van der Waals surface area contributed by atoms with Crippen LogP contribution in [-0.4, -0.2) is 12.2 Å². The van der Waals surface area contributed by atoms with E-state index in [1.165, 1.54) is 30.6 Å². The standard InChI is InChI=1S/C12H9BrClFO2S/c1-17-9-3-2-6(4-8(9)15)11(16)10-5-7(13)12(14)18-10/h2-5,11,16H,1H3. The summed E-state index contributed by atoms with van der Waals surface area (Å²) in [7, 11) is 1.39. The van der Waals surface area contributed by atoms with Gasteiger partial charge < -0.3 is 9.84 Å². The molecule has 1 heterocycles. The molecule has 0 amide bonds. The fourth-order valence-electron chi connectivity index (χ4n) is 1.52. The van der Waals surface area contributed by atoms with Gasteiger partial charge in [0.2, 0.25) is 0 Å². The van der Waals surface area contributed by atoms with Crippen LogP contribution in [0.2, 0.25) is 4.34 Å². The van der Waals surface area contributed by atoms with Crippen LogP contribution in [0.25, 0.3) is 0 Å². The van der Waals surface area contributed by atoms with Gasteiger partial charge in [-0.25, -0.2) is 4.39 Å². The van der Waals surface area contributed by atoms with Crippen LogP contribution in [0.5, 0.6) is 5.75 Å². The van der Waals surface area contributed by atoms with E-state index in [0.29, 0.717) is 14.8 Å². The van der Waals surface area contributed by atoms with Gasteiger partial charge in [-0.05, 0) is 39.7 Å². The number of ether oxygens (including phenoxy) is 1. The minimum Gasteiger partial charge on any atom is -0.494 e. The van der Waals surface area contributed by atoms with E-state index in [9.17, 15) is 9.50 Å². The van der Waals surface area contributed by atoms with Crippen LogP contribution in [0.4, 0.5) is 4.39 Å². The molecule has 1 aromatic carbocycles. The lowest BCUT2D eigenvalue weighted by atomic mass is 10.1. The van der Waals surface area contributed by atoms with E-state index in [0.717, 1.165) is 4.47 Å². The Kier molecular flexibility index (Phi) is 4.27. The lowest BCUT2D eigenvalue weighted by Crippen LogP contribution is -1.98. The number of hydrogen-bond acceptors (Lipinski definition) is 3. The molecule has 1 aromatic heterocycles. The lowest BCUT2D eigenvalue weighted by molar-refractivity contribution is 0.223. The van der Waals surface area contributed by atoms with Crippen molar-refractivity contribution in [2.24, 2.45) is 0 Å². The van der Waals surface area contributed by atoms with Crippen LogP contribution in [0.1, 0.15) is 16.5 Å². The zero-order valence-electron chi connectivity index (χ0n) is 9.28. The first-order chi connectivity index (χ1) is 8.52. The molecule has 6 heteroatoms. The molecule has 0 saturated carbocycles. The summed E-state index contributed by atoms with van der Waals surface area (Å²) in [6.07, 6.45) is -0.904. The van der Waals surface area contributed by atoms with E-state index in [-0.39, 0.29) is 5.75 Å². The molecule has 0 spiro atoms. The maximum Gasteiger partial charge on any atom is 0.165 e. The molecule has 2 aromatic rings. The van der Waals surface area contributed by atoms with E-state index < -0.39 is 11.9 Å². The van der Waals surface area contributed by atoms with Crippen molar-refractivity contribution in [3.05, 3.63) is 49.3 Å². The zero-order valence-corrected chi connectivity index (χ0v) is 12.4. The Labute approximate surface area is 121 Å². The first-order valence-electron chi connectivity index (χ1n) is 4.99. The average Bonchev–Trinajstić information content (AvgIpc) is 2.68. The highest BCUT2D eigenvalue weighted by molar-refractivity contribution is 9.10. The van der Waals surface area contributed by atoms with Crippen LogP contribution in [0.15, 0.2) is 28.7 Å². The maximum atomic E-state index is 13.5. The number of benzene rings is 1. The monoisotopic (exact) mass is 350 g/mol. The molecule has 1 N–H and O–H groups in total. The highest BCUT2D eigenvalue weighted by atomic mass is 79.9. The van der Waals surface area contributed by atoms with Crippen LogP contribution < -0.4 is 4.74 Å². The lowest BCUT2D eigenvalue weighted by Gasteiger charge is -2.10. The van der Waals surface area contributed by atoms with Crippen molar-refractivity contribution in [2.75, 3.05) is 7.11 Å². The van der Waals surface area contributed by atoms with E-state index in [1.54, 1.807) is 12.1 Å². The first kappa shape index (κ1) is 13.8. The molecule has 0 radical (unpaired) electrons. The Hall–Kier alpha value is -0.620. The van der Waals surface area contributed by atoms with Crippen molar-refractivity contribution in [3.63, 3.8) is 0 Å². The second-order valence-electron chi connectivity index (χ2n) is 3.57. The molecule has 0 aliphatic rings. The van der Waals surface area contributed by atoms with Crippen molar-refractivity contribution in [2.45, 2.75) is 6.10 Å². The summed E-state index contributed by atoms with van der Waals surface area (Å²) in [5.74, 6) is -0.355. The molecule has 2 rings (SSSR count). The number of rotatable bonds is 3. The normalized spacial score (nSPS) is 12.5. The molecular formula is C12H9BrClFO2S. The van der Waals surface area contributed by atoms with Crippen LogP contribution in [-0.2, 0) is 0 Å². The third kappa shape index (κ3) is 2.69. The smallest absolute Gasteiger partial charge is 0.165 e. The number of aliphatic hydroxyl groups excluding tert-OH is 1. The molecule has 0 aliphatic heterocycles. The number of methoxy groups -OCH3 is 1. The van der Waals surface area contributed by atoms with Gasteiger partial charge in [0.05, 0.1) is 7.11 Å². The van der Waals surface area contributed by atoms with Crippen LogP contribution in [0.3, 0.4) is 0 Å². The zero-order chi connectivity index (χ0) is 13.3. The summed E-state index contributed by atoms with van der Waals surface area (Å²) in [5.41, 5.74) is 0.457. The molecular weight excluding hydrogens is 343 g/mol. The van der Waals surface area contributed by atoms with E-state index >= 15 is 0 Å². The van der Waals surface area contributed by atoms with Crippen LogP contribution in [0, 0.1) is 5.82 Å². The second kappa shape index (κ2) is 5.57. The summed E-state index contributed by atoms with van der Waals surface area (Å²) in [5, 5.41) is 10.1. The number of aliphatic hydroxyl groups is 1. The third-order valence-electron chi connectivity index (χ3n) is 2.43. The Morgan fingerprint density at radius 1 is 1.44 bits per heavy atom. The van der Waals surface area contributed by atoms with Gasteiger partial charge in [-0.15, -0.1) is 11.3 Å². The predicted molar refractivity (Wildman–Crippen MR) is 74.0 cm³/mol. The number of thiophene rings is 1. The topological polar surface area (TPSA) is 29.5 Å². The summed E-state index contributed by atoms with van der Waals surface area (Å²) in [4.78, 5) is 0.649. The summed E-state index contributed by atoms with van der Waals surface area (Å²) in [6.45, 7) is 0. The van der Waals surface area contributed by atoms with Gasteiger partial charge in [-0.1, -0.05) is 17.7 Å². The highest BCUT2D eigenvalue weighted by Crippen LogP contribution is 2.37. The van der Waals surface area contributed by atoms with Gasteiger partial charge in [0.15, 0.2) is 11.6 Å². The second-order valence-corrected chi connectivity index (χ2v) is 6.11. The highest BCUT2D eigenvalue weighted by Gasteiger charge is 2.17. The summed E-state index contributed by atoms with van der Waals surface area (Å²) in [6, 6.07) is 6.08. The Morgan fingerprint density at radius 2 is 2.17 bits per heavy atom. The SMILES string of the molecule is COc1ccc(C(O)c2cc(Br)c(Cl)s2)cc1F. The minimum atomic E-state index is -0.904. The molecule has 2 nitrogen and oxygen atoms in total. The number of halogens is 3. The number of hydrogen-bond donors (Lipinski definition) is 1. The van der Waals surface area contributed by atoms with Gasteiger partial charge in [-0.2, -0.15) is 0 Å². The fraction of sp³-hybridized carbons (Fsp3) is 0.167. The van der Waals surface area contributed by atoms with Gasteiger partial charge in [-0.3, -0.25) is 0 Å². The average molecular weight is 352 g/mol. The largest absolute Gasteiger partial charge is 0.494 e. The molecule has 0 saturated heterocycles. The van der Waals surface area contributed by atoms with Gasteiger partial charge in [0.1, 0.15) is 10.4 Å². The molecule has 0 bridgehead atoms. The molecule has 1 unspecified atom stereocenters. The Bertz CT molecular complexity index is 554. The van der Waals surface area contributed by atoms with E-state index in [1.807, 2.05) is 0 Å². The van der Waals surface area contributed by atoms with Crippen molar-refractivity contribution in [3.8, 4) is 5.75 Å². The van der Waals surface area contributed by atoms with E-state index in [4.69, 9.17) is 16.3 Å². The summed E-state index contributed by atoms with van der Waals surface area (Å²) < 4.78 is 19.6. The van der Waals surface area contributed by atoms with E-state index in [2.05, 4.69) is 15.9 Å². The first-order valence-corrected chi connectivity index (χ1v) is 6.98. The third-order valence-corrected chi connectivity index (χ3v) is 4.95. The van der Waals surface area contributed by atoms with Crippen molar-refractivity contribution < 1.29 is 14.2 Å². The Balaban J connectivity index is 2.33. The molecule has 1 atom stereocenters. The van der Waals surface area contributed by atoms with Gasteiger partial charge >= 0.3 is 0 Å². The predicted octanol–water partition coefficient (Wildman–Crippen LogP) is 4.39. The minimum absolute atomic E-state index is 0.149. The molecule has 18 heavy (non-hydrogen) atoms. The van der Waals surface area contributed by atoms with Gasteiger partial charge in [0, 0.05) is 9.35 Å². The van der Waals surface area contributed by atoms with Crippen molar-refractivity contribution in [1.29, 1.82) is 0 Å². The van der Waals surface area contributed by atoms with Gasteiger partial charge in [0.25, 0.3) is 0 Å². The maximum absolute atomic E-state index is 13.5. The van der Waals surface area contributed by atoms with Crippen LogP contribution >= 0.6 is 38.9 Å². The fourth-order valence-corrected chi connectivity index (χ4v) is 3.27. The molecule has 0 fully saturated rings. The molecule has 96 valence electrons. The van der Waals surface area contributed by atoms with Crippen molar-refractivity contribution >= 4 is 38.9 Å². The summed E-state index contributed by atoms with van der Waals surface area (Å²) >= 11 is 10.4. The Morgan fingerprint density at radius 3 is 2.67 bits per heavy atom. The van der Waals surface area contributed by atoms with Crippen molar-refractivity contribution in [1.82, 2.24) is 0 Å².